The second kappa shape index (κ2) is 6.11. The summed E-state index contributed by atoms with van der Waals surface area (Å²) in [7, 11) is 0. The van der Waals surface area contributed by atoms with Crippen LogP contribution in [0.15, 0.2) is 71.9 Å². The second-order valence-electron chi connectivity index (χ2n) is 4.85. The quantitative estimate of drug-likeness (QED) is 0.589. The van der Waals surface area contributed by atoms with Gasteiger partial charge in [-0.25, -0.2) is 0 Å². The Labute approximate surface area is 120 Å². The maximum atomic E-state index is 4.22. The minimum atomic E-state index is 0.832. The van der Waals surface area contributed by atoms with Crippen molar-refractivity contribution in [3.8, 4) is 0 Å². The van der Waals surface area contributed by atoms with Gasteiger partial charge in [0.15, 0.2) is 0 Å². The van der Waals surface area contributed by atoms with Gasteiger partial charge >= 0.3 is 0 Å². The first-order valence-electron chi connectivity index (χ1n) is 6.50. The molecular formula is C18H18N2. The molecule has 2 aromatic rings. The summed E-state index contributed by atoms with van der Waals surface area (Å²) in [6.45, 7) is 11.8. The summed E-state index contributed by atoms with van der Waals surface area (Å²) in [5.74, 6) is 0. The summed E-state index contributed by atoms with van der Waals surface area (Å²) in [5, 5.41) is 8.45. The summed E-state index contributed by atoms with van der Waals surface area (Å²) < 4.78 is 0. The average molecular weight is 262 g/mol. The first-order chi connectivity index (χ1) is 9.56. The van der Waals surface area contributed by atoms with E-state index in [0.717, 1.165) is 33.6 Å². The van der Waals surface area contributed by atoms with Crippen molar-refractivity contribution in [3.63, 3.8) is 0 Å². The molecule has 2 nitrogen and oxygen atoms in total. The molecule has 2 heteroatoms. The first kappa shape index (κ1) is 13.9. The molecule has 0 saturated heterocycles. The molecular weight excluding hydrogens is 244 g/mol. The van der Waals surface area contributed by atoms with Crippen LogP contribution in [0.2, 0.25) is 0 Å². The maximum Gasteiger partial charge on any atom is 0.0857 e. The van der Waals surface area contributed by atoms with Gasteiger partial charge in [0.05, 0.1) is 11.4 Å². The molecule has 0 fully saturated rings. The van der Waals surface area contributed by atoms with Gasteiger partial charge in [0.2, 0.25) is 0 Å². The Morgan fingerprint density at radius 2 is 0.950 bits per heavy atom. The van der Waals surface area contributed by atoms with Crippen molar-refractivity contribution in [2.75, 3.05) is 0 Å². The van der Waals surface area contributed by atoms with Crippen molar-refractivity contribution in [1.29, 1.82) is 0 Å². The summed E-state index contributed by atoms with van der Waals surface area (Å²) in [6, 6.07) is 15.8. The zero-order chi connectivity index (χ0) is 14.5. The molecule has 0 aliphatic rings. The number of allylic oxidation sites excluding steroid dienone is 2. The van der Waals surface area contributed by atoms with E-state index in [4.69, 9.17) is 0 Å². The van der Waals surface area contributed by atoms with E-state index >= 15 is 0 Å². The van der Waals surface area contributed by atoms with E-state index in [2.05, 4.69) is 23.4 Å². The van der Waals surface area contributed by atoms with E-state index in [0.29, 0.717) is 0 Å². The molecule has 2 aromatic carbocycles. The van der Waals surface area contributed by atoms with Crippen LogP contribution < -0.4 is 0 Å². The lowest BCUT2D eigenvalue weighted by Crippen LogP contribution is -1.76. The molecule has 0 heterocycles. The van der Waals surface area contributed by atoms with E-state index in [9.17, 15) is 0 Å². The molecule has 0 radical (unpaired) electrons. The van der Waals surface area contributed by atoms with Crippen LogP contribution in [0.5, 0.6) is 0 Å². The number of rotatable bonds is 4. The molecule has 0 spiro atoms. The minimum Gasteiger partial charge on any atom is -0.151 e. The Hall–Kier alpha value is -2.48. The summed E-state index contributed by atoms with van der Waals surface area (Å²) in [5.41, 5.74) is 6.00. The highest BCUT2D eigenvalue weighted by molar-refractivity contribution is 5.63. The van der Waals surface area contributed by atoms with Crippen LogP contribution in [0.25, 0.3) is 11.1 Å². The highest BCUT2D eigenvalue weighted by Gasteiger charge is 1.95. The number of hydrogen-bond acceptors (Lipinski definition) is 2. The number of azo groups is 1. The zero-order valence-corrected chi connectivity index (χ0v) is 11.9. The Bertz CT molecular complexity index is 587. The molecule has 0 saturated carbocycles. The van der Waals surface area contributed by atoms with Crippen molar-refractivity contribution >= 4 is 22.5 Å². The maximum absolute atomic E-state index is 4.22. The van der Waals surface area contributed by atoms with Crippen molar-refractivity contribution < 1.29 is 0 Å². The van der Waals surface area contributed by atoms with Gasteiger partial charge in [-0.3, -0.25) is 0 Å². The van der Waals surface area contributed by atoms with Crippen molar-refractivity contribution in [2.24, 2.45) is 10.2 Å². The second-order valence-corrected chi connectivity index (χ2v) is 4.85. The van der Waals surface area contributed by atoms with Crippen LogP contribution in [-0.2, 0) is 0 Å². The van der Waals surface area contributed by atoms with E-state index < -0.39 is 0 Å². The van der Waals surface area contributed by atoms with Crippen LogP contribution in [0.4, 0.5) is 11.4 Å². The Balaban J connectivity index is 2.12. The van der Waals surface area contributed by atoms with Gasteiger partial charge < -0.3 is 0 Å². The lowest BCUT2D eigenvalue weighted by atomic mass is 10.1. The van der Waals surface area contributed by atoms with Crippen molar-refractivity contribution in [3.05, 3.63) is 72.8 Å². The standard InChI is InChI=1S/C18H18N2/c1-13(2)15-5-9-17(10-6-15)19-20-18-11-7-16(8-12-18)14(3)4/h5-12H,1,3H2,2,4H3/b20-19+. The molecule has 0 aliphatic carbocycles. The molecule has 0 N–H and O–H groups in total. The predicted molar refractivity (Wildman–Crippen MR) is 86.5 cm³/mol. The van der Waals surface area contributed by atoms with Gasteiger partial charge in [-0.2, -0.15) is 10.2 Å². The SMILES string of the molecule is C=C(C)c1ccc(/N=N/c2ccc(C(=C)C)cc2)cc1. The fraction of sp³-hybridized carbons (Fsp3) is 0.111. The first-order valence-corrected chi connectivity index (χ1v) is 6.50. The molecule has 0 aromatic heterocycles. The zero-order valence-electron chi connectivity index (χ0n) is 11.9. The third-order valence-corrected chi connectivity index (χ3v) is 3.00. The monoisotopic (exact) mass is 262 g/mol. The molecule has 2 rings (SSSR count). The normalized spacial score (nSPS) is 10.7. The van der Waals surface area contributed by atoms with Gasteiger partial charge in [-0.1, -0.05) is 48.6 Å². The Morgan fingerprint density at radius 1 is 0.650 bits per heavy atom. The fourth-order valence-corrected chi connectivity index (χ4v) is 1.74. The summed E-state index contributed by atoms with van der Waals surface area (Å²) in [6.07, 6.45) is 0. The largest absolute Gasteiger partial charge is 0.151 e. The summed E-state index contributed by atoms with van der Waals surface area (Å²) in [4.78, 5) is 0. The Morgan fingerprint density at radius 3 is 1.20 bits per heavy atom. The number of hydrogen-bond donors (Lipinski definition) is 0. The van der Waals surface area contributed by atoms with E-state index in [-0.39, 0.29) is 0 Å². The smallest absolute Gasteiger partial charge is 0.0857 e. The fourth-order valence-electron chi connectivity index (χ4n) is 1.74. The highest BCUT2D eigenvalue weighted by Crippen LogP contribution is 2.22. The van der Waals surface area contributed by atoms with Gasteiger partial charge in [0.25, 0.3) is 0 Å². The molecule has 0 unspecified atom stereocenters. The van der Waals surface area contributed by atoms with Crippen molar-refractivity contribution in [2.45, 2.75) is 13.8 Å². The number of nitrogens with zero attached hydrogens (tertiary/aromatic N) is 2. The van der Waals surface area contributed by atoms with E-state index in [1.165, 1.54) is 0 Å². The van der Waals surface area contributed by atoms with Crippen LogP contribution in [-0.4, -0.2) is 0 Å². The predicted octanol–water partition coefficient (Wildman–Crippen LogP) is 6.17. The van der Waals surface area contributed by atoms with Gasteiger partial charge in [0.1, 0.15) is 0 Å². The van der Waals surface area contributed by atoms with Crippen LogP contribution in [0.1, 0.15) is 25.0 Å². The van der Waals surface area contributed by atoms with Gasteiger partial charge in [-0.15, -0.1) is 0 Å². The molecule has 0 amide bonds. The van der Waals surface area contributed by atoms with Gasteiger partial charge in [-0.05, 0) is 49.2 Å². The summed E-state index contributed by atoms with van der Waals surface area (Å²) >= 11 is 0. The number of benzene rings is 2. The third kappa shape index (κ3) is 3.51. The average Bonchev–Trinajstić information content (AvgIpc) is 2.46. The van der Waals surface area contributed by atoms with Gasteiger partial charge in [0, 0.05) is 0 Å². The molecule has 100 valence electrons. The lowest BCUT2D eigenvalue weighted by Gasteiger charge is -2.00. The van der Waals surface area contributed by atoms with E-state index in [1.54, 1.807) is 0 Å². The molecule has 0 bridgehead atoms. The Kier molecular flexibility index (Phi) is 4.26. The van der Waals surface area contributed by atoms with Crippen LogP contribution >= 0.6 is 0 Å². The third-order valence-electron chi connectivity index (χ3n) is 3.00. The highest BCUT2D eigenvalue weighted by atomic mass is 15.1. The molecule has 0 atom stereocenters. The lowest BCUT2D eigenvalue weighted by molar-refractivity contribution is 1.23. The molecule has 20 heavy (non-hydrogen) atoms. The van der Waals surface area contributed by atoms with Crippen LogP contribution in [0, 0.1) is 0 Å². The topological polar surface area (TPSA) is 24.7 Å². The minimum absolute atomic E-state index is 0.832. The van der Waals surface area contributed by atoms with Crippen LogP contribution in [0.3, 0.4) is 0 Å². The molecule has 0 aliphatic heterocycles. The van der Waals surface area contributed by atoms with E-state index in [1.807, 2.05) is 62.4 Å². The van der Waals surface area contributed by atoms with Crippen molar-refractivity contribution in [1.82, 2.24) is 0 Å².